The standard InChI is InChI=1S/C20H17N3O3S2/c1-3-26-15-9-12(5-7-14(15)24)10-17-18(25)22-20(28-17)23-19-21-13-6-4-11(2)8-16(13)27-19/h4-10,24H,3H2,1-2H3,(H,21,22,23,25)/b17-10-. The molecule has 2 N–H and O–H groups in total. The van der Waals surface area contributed by atoms with E-state index in [1.165, 1.54) is 28.7 Å². The normalized spacial score (nSPS) is 16.9. The largest absolute Gasteiger partial charge is 0.504 e. The van der Waals surface area contributed by atoms with Gasteiger partial charge in [0.15, 0.2) is 16.7 Å². The molecule has 142 valence electrons. The third-order valence-electron chi connectivity index (χ3n) is 3.96. The van der Waals surface area contributed by atoms with Crippen LogP contribution < -0.4 is 10.1 Å². The predicted octanol–water partition coefficient (Wildman–Crippen LogP) is 4.60. The molecule has 1 aliphatic heterocycles. The number of carbonyl (C=O) groups is 1. The van der Waals surface area contributed by atoms with E-state index < -0.39 is 0 Å². The number of nitrogens with zero attached hydrogens (tertiary/aromatic N) is 2. The second-order valence-corrected chi connectivity index (χ2v) is 8.15. The smallest absolute Gasteiger partial charge is 0.264 e. The van der Waals surface area contributed by atoms with E-state index in [-0.39, 0.29) is 11.7 Å². The predicted molar refractivity (Wildman–Crippen MR) is 114 cm³/mol. The third kappa shape index (κ3) is 3.88. The number of aromatic hydroxyl groups is 1. The Morgan fingerprint density at radius 2 is 2.14 bits per heavy atom. The van der Waals surface area contributed by atoms with Crippen LogP contribution in [0, 0.1) is 6.92 Å². The fraction of sp³-hybridized carbons (Fsp3) is 0.150. The number of phenolic OH excluding ortho intramolecular Hbond substituents is 1. The summed E-state index contributed by atoms with van der Waals surface area (Å²) >= 11 is 2.75. The fourth-order valence-electron chi connectivity index (χ4n) is 2.68. The highest BCUT2D eigenvalue weighted by molar-refractivity contribution is 8.18. The van der Waals surface area contributed by atoms with Gasteiger partial charge in [0, 0.05) is 0 Å². The van der Waals surface area contributed by atoms with E-state index in [1.54, 1.807) is 24.3 Å². The molecule has 0 saturated carbocycles. The van der Waals surface area contributed by atoms with Gasteiger partial charge < -0.3 is 15.2 Å². The molecule has 1 aliphatic rings. The summed E-state index contributed by atoms with van der Waals surface area (Å²) in [6.45, 7) is 4.33. The van der Waals surface area contributed by atoms with E-state index in [0.29, 0.717) is 27.6 Å². The number of amidine groups is 1. The molecule has 0 bridgehead atoms. The second-order valence-electron chi connectivity index (χ2n) is 6.11. The van der Waals surface area contributed by atoms with Gasteiger partial charge in [-0.05, 0) is 67.1 Å². The van der Waals surface area contributed by atoms with Crippen molar-refractivity contribution < 1.29 is 14.6 Å². The summed E-state index contributed by atoms with van der Waals surface area (Å²) in [5.74, 6) is 0.242. The first-order chi connectivity index (χ1) is 13.5. The number of ether oxygens (including phenoxy) is 1. The number of hydrogen-bond acceptors (Lipinski definition) is 7. The average molecular weight is 412 g/mol. The molecule has 6 nitrogen and oxygen atoms in total. The Bertz CT molecular complexity index is 1130. The highest BCUT2D eigenvalue weighted by Gasteiger charge is 2.24. The van der Waals surface area contributed by atoms with Crippen LogP contribution in [0.2, 0.25) is 0 Å². The molecule has 1 aromatic heterocycles. The fourth-order valence-corrected chi connectivity index (χ4v) is 4.50. The van der Waals surface area contributed by atoms with Crippen LogP contribution in [0.15, 0.2) is 46.3 Å². The zero-order chi connectivity index (χ0) is 19.7. The summed E-state index contributed by atoms with van der Waals surface area (Å²) in [5.41, 5.74) is 2.83. The van der Waals surface area contributed by atoms with Crippen molar-refractivity contribution in [3.63, 3.8) is 0 Å². The Morgan fingerprint density at radius 3 is 2.96 bits per heavy atom. The van der Waals surface area contributed by atoms with Crippen LogP contribution in [0.25, 0.3) is 16.3 Å². The van der Waals surface area contributed by atoms with E-state index in [2.05, 4.69) is 21.4 Å². The minimum Gasteiger partial charge on any atom is -0.504 e. The van der Waals surface area contributed by atoms with Crippen LogP contribution in [-0.2, 0) is 4.79 Å². The van der Waals surface area contributed by atoms with Gasteiger partial charge in [-0.1, -0.05) is 23.5 Å². The molecule has 0 aliphatic carbocycles. The van der Waals surface area contributed by atoms with Gasteiger partial charge in [0.1, 0.15) is 0 Å². The number of hydrogen-bond donors (Lipinski definition) is 2. The maximum atomic E-state index is 12.3. The summed E-state index contributed by atoms with van der Waals surface area (Å²) < 4.78 is 6.46. The van der Waals surface area contributed by atoms with E-state index in [9.17, 15) is 9.90 Å². The van der Waals surface area contributed by atoms with Crippen LogP contribution in [-0.4, -0.2) is 27.8 Å². The Hall–Kier alpha value is -2.84. The molecule has 0 unspecified atom stereocenters. The van der Waals surface area contributed by atoms with Gasteiger partial charge in [0.05, 0.1) is 21.7 Å². The van der Waals surface area contributed by atoms with Crippen molar-refractivity contribution in [1.82, 2.24) is 10.3 Å². The molecule has 1 saturated heterocycles. The molecule has 1 amide bonds. The zero-order valence-corrected chi connectivity index (χ0v) is 16.9. The van der Waals surface area contributed by atoms with Crippen molar-refractivity contribution in [1.29, 1.82) is 0 Å². The number of thiazole rings is 1. The highest BCUT2D eigenvalue weighted by atomic mass is 32.2. The van der Waals surface area contributed by atoms with Crippen LogP contribution in [0.1, 0.15) is 18.1 Å². The molecule has 0 spiro atoms. The maximum absolute atomic E-state index is 12.3. The number of aromatic nitrogens is 1. The quantitative estimate of drug-likeness (QED) is 0.613. The van der Waals surface area contributed by atoms with Crippen LogP contribution in [0.3, 0.4) is 0 Å². The van der Waals surface area contributed by atoms with E-state index in [0.717, 1.165) is 15.8 Å². The Balaban J connectivity index is 1.58. The van der Waals surface area contributed by atoms with Gasteiger partial charge in [-0.2, -0.15) is 4.99 Å². The molecule has 0 radical (unpaired) electrons. The summed E-state index contributed by atoms with van der Waals surface area (Å²) in [5, 5.41) is 13.7. The van der Waals surface area contributed by atoms with Crippen LogP contribution >= 0.6 is 23.1 Å². The minimum atomic E-state index is -0.216. The molecule has 0 atom stereocenters. The van der Waals surface area contributed by atoms with E-state index in [1.807, 2.05) is 26.0 Å². The lowest BCUT2D eigenvalue weighted by molar-refractivity contribution is -0.115. The van der Waals surface area contributed by atoms with Gasteiger partial charge in [0.2, 0.25) is 5.13 Å². The molecule has 3 aromatic rings. The van der Waals surface area contributed by atoms with Gasteiger partial charge in [-0.3, -0.25) is 4.79 Å². The lowest BCUT2D eigenvalue weighted by atomic mass is 10.2. The number of benzene rings is 2. The number of rotatable bonds is 4. The van der Waals surface area contributed by atoms with Gasteiger partial charge in [-0.15, -0.1) is 0 Å². The SMILES string of the molecule is CCOc1cc(/C=C2\SC(=Nc3nc4ccc(C)cc4s3)NC2=O)ccc1O. The number of aliphatic imine (C=N–C) groups is 1. The zero-order valence-electron chi connectivity index (χ0n) is 15.2. The van der Waals surface area contributed by atoms with Crippen LogP contribution in [0.4, 0.5) is 5.13 Å². The Morgan fingerprint density at radius 1 is 1.29 bits per heavy atom. The molecular weight excluding hydrogens is 394 g/mol. The van der Waals surface area contributed by atoms with Crippen molar-refractivity contribution >= 4 is 55.6 Å². The monoisotopic (exact) mass is 411 g/mol. The van der Waals surface area contributed by atoms with E-state index in [4.69, 9.17) is 4.74 Å². The summed E-state index contributed by atoms with van der Waals surface area (Å²) in [6.07, 6.45) is 1.74. The molecular formula is C20H17N3O3S2. The number of fused-ring (bicyclic) bond motifs is 1. The second kappa shape index (κ2) is 7.65. The Kier molecular flexibility index (Phi) is 5.06. The van der Waals surface area contributed by atoms with Crippen LogP contribution in [0.5, 0.6) is 11.5 Å². The Labute approximate surface area is 170 Å². The number of amides is 1. The maximum Gasteiger partial charge on any atom is 0.264 e. The summed E-state index contributed by atoms with van der Waals surface area (Å²) in [4.78, 5) is 21.8. The number of phenols is 1. The number of carbonyl (C=O) groups excluding carboxylic acids is 1. The molecule has 2 aromatic carbocycles. The van der Waals surface area contributed by atoms with Gasteiger partial charge in [-0.25, -0.2) is 4.98 Å². The number of aryl methyl sites for hydroxylation is 1. The van der Waals surface area contributed by atoms with E-state index >= 15 is 0 Å². The van der Waals surface area contributed by atoms with Crippen molar-refractivity contribution in [3.8, 4) is 11.5 Å². The molecule has 1 fully saturated rings. The molecule has 28 heavy (non-hydrogen) atoms. The summed E-state index contributed by atoms with van der Waals surface area (Å²) in [7, 11) is 0. The molecule has 8 heteroatoms. The van der Waals surface area contributed by atoms with Gasteiger partial charge >= 0.3 is 0 Å². The average Bonchev–Trinajstić information content (AvgIpc) is 3.20. The van der Waals surface area contributed by atoms with Gasteiger partial charge in [0.25, 0.3) is 5.91 Å². The minimum absolute atomic E-state index is 0.0702. The van der Waals surface area contributed by atoms with Crippen molar-refractivity contribution in [2.45, 2.75) is 13.8 Å². The molecule has 4 rings (SSSR count). The highest BCUT2D eigenvalue weighted by Crippen LogP contribution is 2.33. The topological polar surface area (TPSA) is 83.8 Å². The third-order valence-corrected chi connectivity index (χ3v) is 5.78. The van der Waals surface area contributed by atoms with Crippen molar-refractivity contribution in [2.75, 3.05) is 6.61 Å². The lowest BCUT2D eigenvalue weighted by Gasteiger charge is -2.06. The van der Waals surface area contributed by atoms with Crippen molar-refractivity contribution in [2.24, 2.45) is 4.99 Å². The first-order valence-electron chi connectivity index (χ1n) is 8.64. The first-order valence-corrected chi connectivity index (χ1v) is 10.3. The number of nitrogens with one attached hydrogen (secondary N) is 1. The molecule has 2 heterocycles. The summed E-state index contributed by atoms with van der Waals surface area (Å²) in [6, 6.07) is 11.0. The number of thioether (sulfide) groups is 1. The first kappa shape index (κ1) is 18.5. The van der Waals surface area contributed by atoms with Crippen molar-refractivity contribution in [3.05, 3.63) is 52.4 Å². The lowest BCUT2D eigenvalue weighted by Crippen LogP contribution is -2.19.